The van der Waals surface area contributed by atoms with Crippen LogP contribution in [0.2, 0.25) is 0 Å². The molecule has 0 saturated heterocycles. The van der Waals surface area contributed by atoms with Crippen LogP contribution >= 0.6 is 0 Å². The Kier molecular flexibility index (Phi) is 3.66. The lowest BCUT2D eigenvalue weighted by molar-refractivity contribution is -0.170. The third-order valence-electron chi connectivity index (χ3n) is 8.62. The monoisotopic (exact) mass is 344 g/mol. The Labute approximate surface area is 149 Å². The second kappa shape index (κ2) is 5.34. The smallest absolute Gasteiger partial charge is 0.140 e. The summed E-state index contributed by atoms with van der Waals surface area (Å²) >= 11 is 0. The first-order chi connectivity index (χ1) is 11.7. The number of Topliss-reactive ketones (excluding diaryl/α,β-unsaturated/α-hetero) is 4. The molecule has 0 aromatic carbocycles. The molecule has 0 N–H and O–H groups in total. The van der Waals surface area contributed by atoms with Gasteiger partial charge in [0.05, 0.1) is 0 Å². The third-order valence-corrected chi connectivity index (χ3v) is 8.62. The molecule has 4 saturated carbocycles. The van der Waals surface area contributed by atoms with Crippen LogP contribution in [0.25, 0.3) is 0 Å². The first-order valence-corrected chi connectivity index (χ1v) is 9.82. The number of hydrogen-bond acceptors (Lipinski definition) is 4. The van der Waals surface area contributed by atoms with Gasteiger partial charge in [0.2, 0.25) is 0 Å². The Morgan fingerprint density at radius 2 is 1.64 bits per heavy atom. The molecule has 4 heteroatoms. The van der Waals surface area contributed by atoms with Gasteiger partial charge in [0.25, 0.3) is 0 Å². The van der Waals surface area contributed by atoms with Gasteiger partial charge < -0.3 is 0 Å². The van der Waals surface area contributed by atoms with Gasteiger partial charge in [-0.1, -0.05) is 13.8 Å². The largest absolute Gasteiger partial charge is 0.300 e. The summed E-state index contributed by atoms with van der Waals surface area (Å²) in [4.78, 5) is 51.3. The molecule has 0 unspecified atom stereocenters. The van der Waals surface area contributed by atoms with E-state index in [1.165, 1.54) is 0 Å². The van der Waals surface area contributed by atoms with Gasteiger partial charge in [0.1, 0.15) is 23.1 Å². The van der Waals surface area contributed by atoms with E-state index < -0.39 is 10.8 Å². The lowest BCUT2D eigenvalue weighted by Gasteiger charge is -2.57. The molecule has 0 radical (unpaired) electrons. The van der Waals surface area contributed by atoms with Crippen molar-refractivity contribution in [3.8, 4) is 0 Å². The highest BCUT2D eigenvalue weighted by atomic mass is 16.1. The standard InChI is InChI=1S/C21H28O4/c1-11(22)13-7-8-14-19-15(10-18(25)21(13,14)3)20(2)12(9-16(19)23)5-4-6-17(20)24/h12-15,19H,4-10H2,1-3H3/t12-,13+,14-,15-,19+,20+,21-/m1/s1. The maximum absolute atomic E-state index is 13.2. The highest BCUT2D eigenvalue weighted by molar-refractivity contribution is 5.98. The molecule has 136 valence electrons. The van der Waals surface area contributed by atoms with E-state index >= 15 is 0 Å². The van der Waals surface area contributed by atoms with Crippen LogP contribution in [-0.4, -0.2) is 23.1 Å². The van der Waals surface area contributed by atoms with Crippen molar-refractivity contribution in [1.82, 2.24) is 0 Å². The van der Waals surface area contributed by atoms with Gasteiger partial charge >= 0.3 is 0 Å². The number of hydrogen-bond donors (Lipinski definition) is 0. The average molecular weight is 344 g/mol. The van der Waals surface area contributed by atoms with Gasteiger partial charge in [-0.15, -0.1) is 0 Å². The van der Waals surface area contributed by atoms with Gasteiger partial charge in [-0.05, 0) is 50.4 Å². The van der Waals surface area contributed by atoms with Gasteiger partial charge in [0, 0.05) is 41.9 Å². The molecular weight excluding hydrogens is 316 g/mol. The number of carbonyl (C=O) groups is 4. The number of rotatable bonds is 1. The van der Waals surface area contributed by atoms with Crippen LogP contribution in [0.15, 0.2) is 0 Å². The minimum Gasteiger partial charge on any atom is -0.300 e. The van der Waals surface area contributed by atoms with Crippen molar-refractivity contribution in [2.75, 3.05) is 0 Å². The Morgan fingerprint density at radius 3 is 2.32 bits per heavy atom. The normalized spacial score (nSPS) is 49.4. The Balaban J connectivity index is 1.79. The molecule has 0 heterocycles. The Morgan fingerprint density at radius 1 is 0.920 bits per heavy atom. The predicted molar refractivity (Wildman–Crippen MR) is 91.7 cm³/mol. The fourth-order valence-electron chi connectivity index (χ4n) is 7.15. The van der Waals surface area contributed by atoms with Gasteiger partial charge in [-0.3, -0.25) is 19.2 Å². The lowest BCUT2D eigenvalue weighted by atomic mass is 9.44. The molecule has 4 nitrogen and oxygen atoms in total. The molecule has 4 aliphatic carbocycles. The summed E-state index contributed by atoms with van der Waals surface area (Å²) in [6, 6.07) is 0. The molecule has 0 bridgehead atoms. The molecule has 4 fully saturated rings. The predicted octanol–water partition coefficient (Wildman–Crippen LogP) is 3.16. The van der Waals surface area contributed by atoms with Gasteiger partial charge in [-0.25, -0.2) is 0 Å². The lowest BCUT2D eigenvalue weighted by Crippen LogP contribution is -2.61. The van der Waals surface area contributed by atoms with Crippen LogP contribution in [0.1, 0.15) is 65.7 Å². The summed E-state index contributed by atoms with van der Waals surface area (Å²) in [7, 11) is 0. The van der Waals surface area contributed by atoms with Crippen LogP contribution < -0.4 is 0 Å². The summed E-state index contributed by atoms with van der Waals surface area (Å²) in [5.41, 5.74) is -1.23. The van der Waals surface area contributed by atoms with Crippen LogP contribution in [-0.2, 0) is 19.2 Å². The van der Waals surface area contributed by atoms with E-state index in [-0.39, 0.29) is 52.7 Å². The number of fused-ring (bicyclic) bond motifs is 5. The van der Waals surface area contributed by atoms with E-state index in [1.54, 1.807) is 6.92 Å². The fourth-order valence-corrected chi connectivity index (χ4v) is 7.15. The average Bonchev–Trinajstić information content (AvgIpc) is 2.90. The number of carbonyl (C=O) groups excluding carboxylic acids is 4. The van der Waals surface area contributed by atoms with Crippen molar-refractivity contribution in [1.29, 1.82) is 0 Å². The van der Waals surface area contributed by atoms with Crippen molar-refractivity contribution in [3.63, 3.8) is 0 Å². The van der Waals surface area contributed by atoms with E-state index in [4.69, 9.17) is 0 Å². The first-order valence-electron chi connectivity index (χ1n) is 9.82. The fraction of sp³-hybridized carbons (Fsp3) is 0.810. The van der Waals surface area contributed by atoms with Gasteiger partial charge in [-0.2, -0.15) is 0 Å². The van der Waals surface area contributed by atoms with Crippen LogP contribution in [0.4, 0.5) is 0 Å². The Bertz CT molecular complexity index is 679. The van der Waals surface area contributed by atoms with Crippen molar-refractivity contribution < 1.29 is 19.2 Å². The van der Waals surface area contributed by atoms with Crippen LogP contribution in [0.3, 0.4) is 0 Å². The molecule has 0 aliphatic heterocycles. The first kappa shape index (κ1) is 17.1. The highest BCUT2D eigenvalue weighted by Crippen LogP contribution is 2.64. The maximum Gasteiger partial charge on any atom is 0.140 e. The molecule has 0 aromatic heterocycles. The van der Waals surface area contributed by atoms with E-state index in [9.17, 15) is 19.2 Å². The molecule has 0 spiro atoms. The van der Waals surface area contributed by atoms with Crippen molar-refractivity contribution in [2.24, 2.45) is 40.4 Å². The van der Waals surface area contributed by atoms with E-state index in [0.29, 0.717) is 25.7 Å². The molecular formula is C21H28O4. The third kappa shape index (κ3) is 2.00. The van der Waals surface area contributed by atoms with Gasteiger partial charge in [0.15, 0.2) is 0 Å². The van der Waals surface area contributed by atoms with E-state index in [0.717, 1.165) is 19.3 Å². The van der Waals surface area contributed by atoms with E-state index in [2.05, 4.69) is 0 Å². The van der Waals surface area contributed by atoms with Crippen LogP contribution in [0.5, 0.6) is 0 Å². The van der Waals surface area contributed by atoms with Crippen molar-refractivity contribution in [2.45, 2.75) is 65.7 Å². The zero-order chi connectivity index (χ0) is 18.1. The van der Waals surface area contributed by atoms with Crippen molar-refractivity contribution in [3.05, 3.63) is 0 Å². The summed E-state index contributed by atoms with van der Waals surface area (Å²) in [6.45, 7) is 5.51. The molecule has 25 heavy (non-hydrogen) atoms. The second-order valence-corrected chi connectivity index (χ2v) is 9.35. The summed E-state index contributed by atoms with van der Waals surface area (Å²) in [6.07, 6.45) is 4.60. The van der Waals surface area contributed by atoms with Crippen LogP contribution in [0, 0.1) is 40.4 Å². The Hall–Kier alpha value is -1.32. The van der Waals surface area contributed by atoms with Crippen molar-refractivity contribution >= 4 is 23.1 Å². The molecule has 4 aliphatic rings. The highest BCUT2D eigenvalue weighted by Gasteiger charge is 2.67. The summed E-state index contributed by atoms with van der Waals surface area (Å²) < 4.78 is 0. The zero-order valence-electron chi connectivity index (χ0n) is 15.5. The molecule has 7 atom stereocenters. The molecule has 0 aromatic rings. The van der Waals surface area contributed by atoms with E-state index in [1.807, 2.05) is 13.8 Å². The summed E-state index contributed by atoms with van der Waals surface area (Å²) in [5.74, 6) is 0.100. The quantitative estimate of drug-likeness (QED) is 0.733. The maximum atomic E-state index is 13.2. The molecule has 0 amide bonds. The summed E-state index contributed by atoms with van der Waals surface area (Å²) in [5, 5.41) is 0. The zero-order valence-corrected chi connectivity index (χ0v) is 15.5. The molecule has 4 rings (SSSR count). The topological polar surface area (TPSA) is 68.3 Å². The minimum atomic E-state index is -0.705. The minimum absolute atomic E-state index is 0.0624. The SMILES string of the molecule is CC(=O)[C@@H]1CC[C@@H]2[C@@H]3C(=O)C[C@H]4CCCC(=O)[C@]4(C)[C@@H]3CC(=O)[C@@]21C. The number of ketones is 4. The second-order valence-electron chi connectivity index (χ2n) is 9.35.